The van der Waals surface area contributed by atoms with Crippen molar-refractivity contribution in [3.8, 4) is 0 Å². The molecule has 0 heterocycles. The van der Waals surface area contributed by atoms with Crippen LogP contribution in [0, 0.1) is 11.3 Å². The van der Waals surface area contributed by atoms with Crippen molar-refractivity contribution in [1.29, 1.82) is 0 Å². The molecule has 15 heavy (non-hydrogen) atoms. The monoisotopic (exact) mass is 206 g/mol. The normalized spacial score (nSPS) is 33.6. The summed E-state index contributed by atoms with van der Waals surface area (Å²) >= 11 is 0. The summed E-state index contributed by atoms with van der Waals surface area (Å²) in [5.74, 6) is 0.862. The molecule has 2 aliphatic rings. The van der Waals surface area contributed by atoms with Gasteiger partial charge in [0.05, 0.1) is 0 Å². The van der Waals surface area contributed by atoms with Gasteiger partial charge in [-0.15, -0.1) is 0 Å². The third kappa shape index (κ3) is 2.53. The first-order valence-corrected chi connectivity index (χ1v) is 6.52. The molecule has 0 nitrogen and oxygen atoms in total. The highest BCUT2D eigenvalue weighted by molar-refractivity contribution is 5.27. The van der Waals surface area contributed by atoms with E-state index in [4.69, 9.17) is 0 Å². The number of hydrogen-bond acceptors (Lipinski definition) is 0. The van der Waals surface area contributed by atoms with Crippen LogP contribution in [0.1, 0.15) is 59.8 Å². The lowest BCUT2D eigenvalue weighted by molar-refractivity contribution is 0.265. The quantitative estimate of drug-likeness (QED) is 0.483. The number of hydrogen-bond donors (Lipinski definition) is 0. The molecule has 2 aliphatic carbocycles. The minimum Gasteiger partial charge on any atom is -0.0876 e. The Morgan fingerprint density at radius 2 is 2.00 bits per heavy atom. The molecule has 86 valence electrons. The Balaban J connectivity index is 0.000000337. The second kappa shape index (κ2) is 5.53. The van der Waals surface area contributed by atoms with Crippen LogP contribution in [0.25, 0.3) is 0 Å². The van der Waals surface area contributed by atoms with Gasteiger partial charge in [0.1, 0.15) is 0 Å². The minimum absolute atomic E-state index is 0.470. The van der Waals surface area contributed by atoms with Crippen LogP contribution in [0.2, 0.25) is 0 Å². The highest BCUT2D eigenvalue weighted by atomic mass is 14.4. The van der Waals surface area contributed by atoms with E-state index in [0.29, 0.717) is 5.41 Å². The molecule has 0 aliphatic heterocycles. The van der Waals surface area contributed by atoms with E-state index < -0.39 is 0 Å². The molecule has 2 atom stereocenters. The van der Waals surface area contributed by atoms with Gasteiger partial charge in [0, 0.05) is 5.41 Å². The van der Waals surface area contributed by atoms with Crippen LogP contribution in [0.4, 0.5) is 0 Å². The Hall–Kier alpha value is -0.520. The number of rotatable bonds is 0. The van der Waals surface area contributed by atoms with E-state index in [1.165, 1.54) is 32.1 Å². The van der Waals surface area contributed by atoms with E-state index in [0.717, 1.165) is 5.92 Å². The van der Waals surface area contributed by atoms with Crippen molar-refractivity contribution in [1.82, 2.24) is 0 Å². The van der Waals surface area contributed by atoms with Crippen LogP contribution in [-0.4, -0.2) is 0 Å². The highest BCUT2D eigenvalue weighted by Gasteiger charge is 2.38. The highest BCUT2D eigenvalue weighted by Crippen LogP contribution is 2.49. The molecule has 2 rings (SSSR count). The molecule has 0 heteroatoms. The Labute approximate surface area is 95.5 Å². The summed E-state index contributed by atoms with van der Waals surface area (Å²) in [6.45, 7) is 8.97. The molecule has 0 amide bonds. The lowest BCUT2D eigenvalue weighted by Gasteiger charge is -2.38. The van der Waals surface area contributed by atoms with Crippen LogP contribution in [0.3, 0.4) is 0 Å². The molecule has 0 bridgehead atoms. The zero-order valence-corrected chi connectivity index (χ0v) is 10.8. The van der Waals surface area contributed by atoms with Crippen LogP contribution in [0.5, 0.6) is 0 Å². The largest absolute Gasteiger partial charge is 0.0876 e. The van der Waals surface area contributed by atoms with Crippen molar-refractivity contribution < 1.29 is 0 Å². The van der Waals surface area contributed by atoms with Gasteiger partial charge in [-0.3, -0.25) is 0 Å². The zero-order valence-electron chi connectivity index (χ0n) is 10.8. The van der Waals surface area contributed by atoms with Crippen LogP contribution >= 0.6 is 0 Å². The van der Waals surface area contributed by atoms with E-state index in [1.54, 1.807) is 5.57 Å². The average molecular weight is 206 g/mol. The maximum absolute atomic E-state index is 2.46. The molecule has 0 aromatic rings. The summed E-state index contributed by atoms with van der Waals surface area (Å²) in [5, 5.41) is 0. The van der Waals surface area contributed by atoms with Crippen molar-refractivity contribution in [3.63, 3.8) is 0 Å². The van der Waals surface area contributed by atoms with Gasteiger partial charge in [-0.05, 0) is 38.5 Å². The third-order valence-electron chi connectivity index (χ3n) is 3.80. The maximum Gasteiger partial charge on any atom is 0.0117 e. The molecule has 0 aromatic carbocycles. The van der Waals surface area contributed by atoms with Crippen molar-refractivity contribution in [3.05, 3.63) is 23.8 Å². The van der Waals surface area contributed by atoms with Gasteiger partial charge >= 0.3 is 0 Å². The van der Waals surface area contributed by atoms with Gasteiger partial charge in [-0.25, -0.2) is 0 Å². The molecule has 0 unspecified atom stereocenters. The zero-order chi connectivity index (χ0) is 11.3. The molecule has 0 saturated heterocycles. The van der Waals surface area contributed by atoms with E-state index >= 15 is 0 Å². The van der Waals surface area contributed by atoms with Gasteiger partial charge in [0.15, 0.2) is 0 Å². The predicted octanol–water partition coefficient (Wildman–Crippen LogP) is 5.12. The summed E-state index contributed by atoms with van der Waals surface area (Å²) in [6, 6.07) is 0. The second-order valence-corrected chi connectivity index (χ2v) is 5.05. The minimum atomic E-state index is 0.470. The van der Waals surface area contributed by atoms with E-state index in [1.807, 2.05) is 0 Å². The van der Waals surface area contributed by atoms with Gasteiger partial charge in [0.2, 0.25) is 0 Å². The molecule has 0 saturated carbocycles. The van der Waals surface area contributed by atoms with Crippen molar-refractivity contribution >= 4 is 0 Å². The SMILES string of the molecule is CC1=CCC[C@@H](C)[C@@]12C=CCC2.CCC. The van der Waals surface area contributed by atoms with Gasteiger partial charge in [0.25, 0.3) is 0 Å². The molecule has 1 spiro atoms. The summed E-state index contributed by atoms with van der Waals surface area (Å²) < 4.78 is 0. The summed E-state index contributed by atoms with van der Waals surface area (Å²) in [4.78, 5) is 0. The fraction of sp³-hybridized carbons (Fsp3) is 0.733. The Morgan fingerprint density at radius 1 is 1.33 bits per heavy atom. The van der Waals surface area contributed by atoms with Gasteiger partial charge in [-0.2, -0.15) is 0 Å². The van der Waals surface area contributed by atoms with Crippen molar-refractivity contribution in [2.24, 2.45) is 11.3 Å². The predicted molar refractivity (Wildman–Crippen MR) is 68.9 cm³/mol. The second-order valence-electron chi connectivity index (χ2n) is 5.05. The first-order chi connectivity index (χ1) is 7.17. The van der Waals surface area contributed by atoms with Crippen LogP contribution in [-0.2, 0) is 0 Å². The summed E-state index contributed by atoms with van der Waals surface area (Å²) in [5.41, 5.74) is 2.09. The first kappa shape index (κ1) is 12.5. The summed E-state index contributed by atoms with van der Waals surface area (Å²) in [7, 11) is 0. The Bertz CT molecular complexity index is 247. The maximum atomic E-state index is 2.46. The van der Waals surface area contributed by atoms with Crippen molar-refractivity contribution in [2.75, 3.05) is 0 Å². The molecular weight excluding hydrogens is 180 g/mol. The summed E-state index contributed by atoms with van der Waals surface area (Å²) in [6.07, 6.45) is 13.8. The molecule has 0 N–H and O–H groups in total. The van der Waals surface area contributed by atoms with Crippen LogP contribution in [0.15, 0.2) is 23.8 Å². The lowest BCUT2D eigenvalue weighted by Crippen LogP contribution is -2.28. The fourth-order valence-electron chi connectivity index (χ4n) is 2.82. The Kier molecular flexibility index (Phi) is 4.63. The first-order valence-electron chi connectivity index (χ1n) is 6.52. The van der Waals surface area contributed by atoms with Crippen LogP contribution < -0.4 is 0 Å². The lowest BCUT2D eigenvalue weighted by atomic mass is 9.66. The van der Waals surface area contributed by atoms with E-state index in [9.17, 15) is 0 Å². The standard InChI is InChI=1S/C12H18.C3H8/c1-10-6-5-7-11(2)12(10)8-3-4-9-12;1-3-2/h3,6,8,11H,4-5,7,9H2,1-2H3;3H2,1-2H3/t11-,12-;/m1./s1. The topological polar surface area (TPSA) is 0 Å². The van der Waals surface area contributed by atoms with E-state index in [-0.39, 0.29) is 0 Å². The average Bonchev–Trinajstić information content (AvgIpc) is 2.66. The smallest absolute Gasteiger partial charge is 0.0117 e. The van der Waals surface area contributed by atoms with Gasteiger partial charge < -0.3 is 0 Å². The number of allylic oxidation sites excluding steroid dienone is 4. The molecule has 0 radical (unpaired) electrons. The molecule has 0 aromatic heterocycles. The third-order valence-corrected chi connectivity index (χ3v) is 3.80. The fourth-order valence-corrected chi connectivity index (χ4v) is 2.82. The Morgan fingerprint density at radius 3 is 2.47 bits per heavy atom. The van der Waals surface area contributed by atoms with E-state index in [2.05, 4.69) is 45.9 Å². The molecular formula is C15H26. The van der Waals surface area contributed by atoms with Crippen molar-refractivity contribution in [2.45, 2.75) is 59.8 Å². The molecule has 0 fully saturated rings. The van der Waals surface area contributed by atoms with Gasteiger partial charge in [-0.1, -0.05) is 51.0 Å².